The van der Waals surface area contributed by atoms with Crippen LogP contribution in [0.3, 0.4) is 0 Å². The number of hydrogen-bond donors (Lipinski definition) is 7. The lowest BCUT2D eigenvalue weighted by Crippen LogP contribution is -2.62. The number of thiazole rings is 1. The summed E-state index contributed by atoms with van der Waals surface area (Å²) in [4.78, 5) is 63.6. The van der Waals surface area contributed by atoms with E-state index >= 15 is 0 Å². The number of aromatic nitrogens is 2. The van der Waals surface area contributed by atoms with Crippen LogP contribution in [0.25, 0.3) is 0 Å². The molecule has 0 aliphatic carbocycles. The zero-order valence-electron chi connectivity index (χ0n) is 32.9. The van der Waals surface area contributed by atoms with E-state index in [1.54, 1.807) is 64.5 Å². The van der Waals surface area contributed by atoms with Gasteiger partial charge in [-0.2, -0.15) is 0 Å². The van der Waals surface area contributed by atoms with Gasteiger partial charge in [-0.15, -0.1) is 11.3 Å². The molecular weight excluding hydrogens is 749 g/mol. The maximum Gasteiger partial charge on any atom is 0.408 e. The van der Waals surface area contributed by atoms with Crippen LogP contribution in [0, 0.1) is 11.8 Å². The average Bonchev–Trinajstić information content (AvgIpc) is 3.61. The first-order valence-corrected chi connectivity index (χ1v) is 19.7. The molecule has 16 heteroatoms. The van der Waals surface area contributed by atoms with E-state index in [9.17, 15) is 29.4 Å². The second kappa shape index (κ2) is 21.6. The molecule has 0 saturated heterocycles. The van der Waals surface area contributed by atoms with Crippen LogP contribution in [0.1, 0.15) is 50.2 Å². The van der Waals surface area contributed by atoms with E-state index in [-0.39, 0.29) is 37.8 Å². The van der Waals surface area contributed by atoms with Gasteiger partial charge in [-0.05, 0) is 47.9 Å². The summed E-state index contributed by atoms with van der Waals surface area (Å²) in [6.07, 6.45) is -2.26. The fourth-order valence-electron chi connectivity index (χ4n) is 6.09. The monoisotopic (exact) mass is 802 g/mol. The van der Waals surface area contributed by atoms with Crippen LogP contribution < -0.4 is 27.0 Å². The van der Waals surface area contributed by atoms with Gasteiger partial charge in [0.1, 0.15) is 30.9 Å². The first-order chi connectivity index (χ1) is 27.2. The highest BCUT2D eigenvalue weighted by molar-refractivity contribution is 7.13. The molecule has 4 rings (SSSR count). The Bertz CT molecular complexity index is 1870. The van der Waals surface area contributed by atoms with Gasteiger partial charge in [0.2, 0.25) is 11.8 Å². The van der Waals surface area contributed by atoms with E-state index in [0.717, 1.165) is 11.1 Å². The van der Waals surface area contributed by atoms with Crippen LogP contribution in [0.2, 0.25) is 0 Å². The van der Waals surface area contributed by atoms with Crippen LogP contribution in [-0.4, -0.2) is 92.4 Å². The summed E-state index contributed by atoms with van der Waals surface area (Å²) in [6, 6.07) is 18.7. The minimum atomic E-state index is -1.61. The van der Waals surface area contributed by atoms with Crippen LogP contribution >= 0.6 is 11.3 Å². The minimum Gasteiger partial charge on any atom is -0.443 e. The van der Waals surface area contributed by atoms with Crippen molar-refractivity contribution in [3.63, 3.8) is 0 Å². The van der Waals surface area contributed by atoms with Gasteiger partial charge in [0, 0.05) is 18.6 Å². The third-order valence-electron chi connectivity index (χ3n) is 9.27. The normalized spacial score (nSPS) is 14.4. The van der Waals surface area contributed by atoms with Gasteiger partial charge in [0.15, 0.2) is 5.13 Å². The number of nitrogen functional groups attached to an aromatic ring is 1. The first-order valence-electron chi connectivity index (χ1n) is 18.8. The third kappa shape index (κ3) is 13.8. The number of nitrogens with zero attached hydrogens (tertiary/aromatic N) is 3. The number of amides is 5. The molecule has 6 atom stereocenters. The van der Waals surface area contributed by atoms with Crippen molar-refractivity contribution < 1.29 is 34.1 Å². The number of pyridine rings is 1. The molecule has 2 aromatic heterocycles. The largest absolute Gasteiger partial charge is 0.443 e. The topological polar surface area (TPSA) is 221 Å². The number of hydrogen-bond acceptors (Lipinski definition) is 11. The van der Waals surface area contributed by atoms with E-state index in [4.69, 9.17) is 10.5 Å². The lowest BCUT2D eigenvalue weighted by Gasteiger charge is -2.35. The quantitative estimate of drug-likeness (QED) is 0.0733. The molecule has 0 spiro atoms. The lowest BCUT2D eigenvalue weighted by molar-refractivity contribution is -0.129. The van der Waals surface area contributed by atoms with Crippen molar-refractivity contribution in [2.45, 2.75) is 90.1 Å². The van der Waals surface area contributed by atoms with Crippen molar-refractivity contribution in [2.75, 3.05) is 12.8 Å². The van der Waals surface area contributed by atoms with E-state index in [0.29, 0.717) is 16.5 Å². The van der Waals surface area contributed by atoms with Crippen molar-refractivity contribution in [1.29, 1.82) is 0 Å². The number of benzene rings is 2. The van der Waals surface area contributed by atoms with Crippen molar-refractivity contribution in [3.8, 4) is 0 Å². The summed E-state index contributed by atoms with van der Waals surface area (Å²) in [5.41, 5.74) is 8.40. The summed E-state index contributed by atoms with van der Waals surface area (Å²) in [5.74, 6) is -1.94. The van der Waals surface area contributed by atoms with Gasteiger partial charge in [-0.1, -0.05) is 94.4 Å². The first kappa shape index (κ1) is 44.1. The van der Waals surface area contributed by atoms with Gasteiger partial charge >= 0.3 is 12.1 Å². The summed E-state index contributed by atoms with van der Waals surface area (Å²) in [7, 11) is 1.57. The fraction of sp³-hybridized carbons (Fsp3) is 0.415. The smallest absolute Gasteiger partial charge is 0.408 e. The maximum absolute atomic E-state index is 14.0. The zero-order chi connectivity index (χ0) is 41.5. The molecule has 15 nitrogen and oxygen atoms in total. The van der Waals surface area contributed by atoms with Crippen LogP contribution in [0.15, 0.2) is 90.4 Å². The van der Waals surface area contributed by atoms with Gasteiger partial charge in [-0.3, -0.25) is 14.6 Å². The molecule has 57 heavy (non-hydrogen) atoms. The number of anilines is 1. The second-order valence-corrected chi connectivity index (χ2v) is 15.4. The van der Waals surface area contributed by atoms with Crippen LogP contribution in [0.4, 0.5) is 14.7 Å². The molecular formula is C41H54N8O7S. The number of aliphatic hydroxyl groups excluding tert-OH is 2. The Morgan fingerprint density at radius 1 is 0.737 bits per heavy atom. The van der Waals surface area contributed by atoms with Crippen molar-refractivity contribution in [3.05, 3.63) is 113 Å². The fourth-order valence-corrected chi connectivity index (χ4v) is 6.64. The number of rotatable bonds is 19. The number of nitrogens with one attached hydrogen (secondary N) is 4. The molecule has 2 aromatic carbocycles. The predicted octanol–water partition coefficient (Wildman–Crippen LogP) is 3.41. The molecule has 0 aliphatic heterocycles. The Morgan fingerprint density at radius 3 is 1.70 bits per heavy atom. The van der Waals surface area contributed by atoms with E-state index in [1.165, 1.54) is 16.2 Å². The number of carbonyl (C=O) groups is 4. The molecule has 4 aromatic rings. The molecule has 0 aliphatic rings. The predicted molar refractivity (Wildman–Crippen MR) is 218 cm³/mol. The number of carbonyl (C=O) groups excluding carboxylic acids is 4. The van der Waals surface area contributed by atoms with Crippen molar-refractivity contribution in [1.82, 2.24) is 36.1 Å². The van der Waals surface area contributed by atoms with Crippen molar-refractivity contribution >= 4 is 40.4 Å². The van der Waals surface area contributed by atoms with Gasteiger partial charge in [-0.25, -0.2) is 14.6 Å². The lowest BCUT2D eigenvalue weighted by atomic mass is 9.90. The Labute approximate surface area is 337 Å². The average molecular weight is 803 g/mol. The molecule has 0 bridgehead atoms. The molecule has 0 radical (unpaired) electrons. The number of aliphatic hydroxyl groups is 2. The maximum atomic E-state index is 14.0. The van der Waals surface area contributed by atoms with Gasteiger partial charge in [0.25, 0.3) is 0 Å². The molecule has 2 heterocycles. The Balaban J connectivity index is 1.54. The summed E-state index contributed by atoms with van der Waals surface area (Å²) in [5, 5.41) is 37.2. The van der Waals surface area contributed by atoms with E-state index < -0.39 is 60.3 Å². The highest BCUT2D eigenvalue weighted by Gasteiger charge is 2.38. The van der Waals surface area contributed by atoms with Gasteiger partial charge < -0.3 is 46.9 Å². The summed E-state index contributed by atoms with van der Waals surface area (Å²) in [6.45, 7) is 7.13. The molecule has 8 N–H and O–H groups in total. The van der Waals surface area contributed by atoms with Crippen LogP contribution in [-0.2, 0) is 40.3 Å². The highest BCUT2D eigenvalue weighted by Crippen LogP contribution is 2.18. The highest BCUT2D eigenvalue weighted by atomic mass is 32.1. The third-order valence-corrected chi connectivity index (χ3v) is 9.99. The summed E-state index contributed by atoms with van der Waals surface area (Å²) < 4.78 is 5.31. The van der Waals surface area contributed by atoms with Crippen LogP contribution in [0.5, 0.6) is 0 Å². The number of ether oxygens (including phenoxy) is 1. The van der Waals surface area contributed by atoms with E-state index in [2.05, 4.69) is 31.2 Å². The molecule has 306 valence electrons. The minimum absolute atomic E-state index is 0.102. The summed E-state index contributed by atoms with van der Waals surface area (Å²) >= 11 is 1.26. The zero-order valence-corrected chi connectivity index (χ0v) is 33.7. The standard InChI is InChI=1S/C41H54N8O7S/c1-25(2)33(47-40(54)49(5)22-30-24-57-39(42)44-30)37(52)45-31(20-27-14-8-6-9-15-27)35(50)36(51)32(21-28-16-10-7-11-17-28)46-38(53)34(26(3)4)48-41(55)56-23-29-18-12-13-19-43-29/h6-19,24-26,31-36,50-51H,20-23H2,1-5H3,(H2,42,44)(H,45,52)(H,46,53)(H,47,54)(H,48,55)/t31-,32-,33-,34-,35-,36-/m0/s1. The second-order valence-electron chi connectivity index (χ2n) is 14.6. The number of nitrogens with two attached hydrogens (primary N) is 1. The Morgan fingerprint density at radius 2 is 1.25 bits per heavy atom. The van der Waals surface area contributed by atoms with E-state index in [1.807, 2.05) is 60.7 Å². The number of urea groups is 1. The Hall–Kier alpha value is -5.58. The molecule has 5 amide bonds. The molecule has 0 fully saturated rings. The Kier molecular flexibility index (Phi) is 16.8. The van der Waals surface area contributed by atoms with Crippen molar-refractivity contribution in [2.24, 2.45) is 11.8 Å². The molecule has 0 unspecified atom stereocenters. The SMILES string of the molecule is CC(C)[C@H](NC(=O)OCc1ccccn1)C(=O)N[C@@H](Cc1ccccc1)[C@H](O)[C@@H](O)[C@H](Cc1ccccc1)NC(=O)[C@@H](NC(=O)N(C)Cc1csc(N)n1)C(C)C. The van der Waals surface area contributed by atoms with Gasteiger partial charge in [0.05, 0.1) is 30.0 Å². The molecule has 0 saturated carbocycles. The number of alkyl carbamates (subject to hydrolysis) is 1.